The Morgan fingerprint density at radius 1 is 1.30 bits per heavy atom. The minimum atomic E-state index is 0. The average Bonchev–Trinajstić information content (AvgIpc) is 2.54. The van der Waals surface area contributed by atoms with Crippen molar-refractivity contribution in [1.29, 1.82) is 0 Å². The van der Waals surface area contributed by atoms with Crippen LogP contribution in [0, 0.1) is 0 Å². The highest BCUT2D eigenvalue weighted by Crippen LogP contribution is 2.30. The summed E-state index contributed by atoms with van der Waals surface area (Å²) in [6, 6.07) is 5.95. The third-order valence-corrected chi connectivity index (χ3v) is 4.66. The lowest BCUT2D eigenvalue weighted by Gasteiger charge is -2.32. The van der Waals surface area contributed by atoms with Crippen LogP contribution in [0.2, 0.25) is 5.02 Å². The van der Waals surface area contributed by atoms with Crippen LogP contribution >= 0.6 is 24.0 Å². The molecule has 3 rings (SSSR count). The molecule has 126 valence electrons. The van der Waals surface area contributed by atoms with Gasteiger partial charge in [-0.1, -0.05) is 24.9 Å². The van der Waals surface area contributed by atoms with E-state index in [2.05, 4.69) is 22.9 Å². The van der Waals surface area contributed by atoms with E-state index >= 15 is 0 Å². The Labute approximate surface area is 149 Å². The maximum Gasteiger partial charge on any atom is 0.121 e. The van der Waals surface area contributed by atoms with Gasteiger partial charge < -0.3 is 9.64 Å². The first-order valence-electron chi connectivity index (χ1n) is 8.18. The molecule has 0 spiro atoms. The second-order valence-electron chi connectivity index (χ2n) is 6.01. The number of hydrogen-bond acceptors (Lipinski definition) is 3. The van der Waals surface area contributed by atoms with Gasteiger partial charge in [0.25, 0.3) is 0 Å². The molecule has 2 heterocycles. The van der Waals surface area contributed by atoms with Crippen LogP contribution in [0.1, 0.15) is 32.6 Å². The molecule has 1 aromatic carbocycles. The standard InChI is InChI=1S/C18H23ClN2O.ClH/c1-2-3-8-21-9-5-15(6-10-21)22-16-11-14-4-7-20-13-17(14)18(19)12-16;/h4,7,11-13,15H,2-3,5-6,8-10H2,1H3;1H. The fraction of sp³-hybridized carbons (Fsp3) is 0.500. The molecule has 23 heavy (non-hydrogen) atoms. The summed E-state index contributed by atoms with van der Waals surface area (Å²) < 4.78 is 6.17. The van der Waals surface area contributed by atoms with E-state index in [1.807, 2.05) is 12.1 Å². The number of fused-ring (bicyclic) bond motifs is 1. The van der Waals surface area contributed by atoms with Crippen molar-refractivity contribution >= 4 is 34.8 Å². The Morgan fingerprint density at radius 2 is 2.09 bits per heavy atom. The van der Waals surface area contributed by atoms with Gasteiger partial charge in [0.2, 0.25) is 0 Å². The molecular formula is C18H24Cl2N2O. The van der Waals surface area contributed by atoms with E-state index in [4.69, 9.17) is 16.3 Å². The van der Waals surface area contributed by atoms with E-state index in [0.717, 1.165) is 42.5 Å². The number of benzene rings is 1. The van der Waals surface area contributed by atoms with Gasteiger partial charge in [-0.15, -0.1) is 12.4 Å². The second-order valence-corrected chi connectivity index (χ2v) is 6.42. The highest BCUT2D eigenvalue weighted by Gasteiger charge is 2.20. The van der Waals surface area contributed by atoms with Crippen LogP contribution in [-0.2, 0) is 0 Å². The first-order valence-corrected chi connectivity index (χ1v) is 8.56. The zero-order valence-corrected chi connectivity index (χ0v) is 15.1. The molecule has 1 fully saturated rings. The van der Waals surface area contributed by atoms with Gasteiger partial charge in [-0.05, 0) is 49.4 Å². The van der Waals surface area contributed by atoms with Crippen molar-refractivity contribution in [1.82, 2.24) is 9.88 Å². The van der Waals surface area contributed by atoms with Gasteiger partial charge in [0, 0.05) is 30.9 Å². The summed E-state index contributed by atoms with van der Waals surface area (Å²) in [5.41, 5.74) is 0. The summed E-state index contributed by atoms with van der Waals surface area (Å²) >= 11 is 6.33. The van der Waals surface area contributed by atoms with Gasteiger partial charge in [0.05, 0.1) is 5.02 Å². The number of ether oxygens (including phenoxy) is 1. The van der Waals surface area contributed by atoms with Gasteiger partial charge in [-0.2, -0.15) is 0 Å². The van der Waals surface area contributed by atoms with Crippen molar-refractivity contribution in [2.75, 3.05) is 19.6 Å². The number of likely N-dealkylation sites (tertiary alicyclic amines) is 1. The van der Waals surface area contributed by atoms with Gasteiger partial charge in [0.15, 0.2) is 0 Å². The van der Waals surface area contributed by atoms with Crippen LogP contribution in [0.4, 0.5) is 0 Å². The number of rotatable bonds is 5. The molecule has 1 saturated heterocycles. The Hall–Kier alpha value is -1.03. The van der Waals surface area contributed by atoms with E-state index in [1.54, 1.807) is 12.4 Å². The lowest BCUT2D eigenvalue weighted by Crippen LogP contribution is -2.38. The van der Waals surface area contributed by atoms with Crippen LogP contribution in [0.15, 0.2) is 30.6 Å². The SMILES string of the molecule is CCCCN1CCC(Oc2cc(Cl)c3cnccc3c2)CC1.Cl. The summed E-state index contributed by atoms with van der Waals surface area (Å²) in [5.74, 6) is 0.871. The molecule has 0 N–H and O–H groups in total. The zero-order chi connectivity index (χ0) is 15.4. The van der Waals surface area contributed by atoms with Crippen molar-refractivity contribution in [2.24, 2.45) is 0 Å². The molecule has 3 nitrogen and oxygen atoms in total. The molecule has 0 amide bonds. The van der Waals surface area contributed by atoms with Gasteiger partial charge >= 0.3 is 0 Å². The molecule has 1 aliphatic heterocycles. The highest BCUT2D eigenvalue weighted by atomic mass is 35.5. The molecule has 0 bridgehead atoms. The lowest BCUT2D eigenvalue weighted by molar-refractivity contribution is 0.0999. The van der Waals surface area contributed by atoms with E-state index in [-0.39, 0.29) is 12.4 Å². The highest BCUT2D eigenvalue weighted by molar-refractivity contribution is 6.35. The zero-order valence-electron chi connectivity index (χ0n) is 13.5. The average molecular weight is 355 g/mol. The summed E-state index contributed by atoms with van der Waals surface area (Å²) in [5, 5.41) is 2.77. The van der Waals surface area contributed by atoms with Crippen LogP contribution < -0.4 is 4.74 Å². The van der Waals surface area contributed by atoms with Gasteiger partial charge in [-0.25, -0.2) is 0 Å². The maximum absolute atomic E-state index is 6.33. The normalized spacial score (nSPS) is 16.3. The Balaban J connectivity index is 0.00000192. The Bertz CT molecular complexity index is 627. The van der Waals surface area contributed by atoms with Crippen LogP contribution in [0.5, 0.6) is 5.75 Å². The quantitative estimate of drug-likeness (QED) is 0.759. The van der Waals surface area contributed by atoms with Crippen molar-refractivity contribution < 1.29 is 4.74 Å². The molecular weight excluding hydrogens is 331 g/mol. The fourth-order valence-electron chi connectivity index (χ4n) is 3.02. The number of piperidine rings is 1. The van der Waals surface area contributed by atoms with Gasteiger partial charge in [0.1, 0.15) is 11.9 Å². The van der Waals surface area contributed by atoms with E-state index in [0.29, 0.717) is 11.1 Å². The predicted molar refractivity (Wildman–Crippen MR) is 99.0 cm³/mol. The Morgan fingerprint density at radius 3 is 2.83 bits per heavy atom. The Kier molecular flexibility index (Phi) is 6.94. The van der Waals surface area contributed by atoms with Gasteiger partial charge in [-0.3, -0.25) is 4.98 Å². The van der Waals surface area contributed by atoms with E-state index in [1.165, 1.54) is 19.4 Å². The minimum absolute atomic E-state index is 0. The molecule has 0 radical (unpaired) electrons. The third kappa shape index (κ3) is 4.72. The number of nitrogens with zero attached hydrogens (tertiary/aromatic N) is 2. The van der Waals surface area contributed by atoms with Crippen molar-refractivity contribution in [3.63, 3.8) is 0 Å². The molecule has 1 aliphatic rings. The monoisotopic (exact) mass is 354 g/mol. The van der Waals surface area contributed by atoms with Crippen LogP contribution in [0.3, 0.4) is 0 Å². The van der Waals surface area contributed by atoms with E-state index < -0.39 is 0 Å². The minimum Gasteiger partial charge on any atom is -0.490 e. The first-order chi connectivity index (χ1) is 10.8. The lowest BCUT2D eigenvalue weighted by atomic mass is 10.1. The smallest absolute Gasteiger partial charge is 0.121 e. The third-order valence-electron chi connectivity index (χ3n) is 4.34. The summed E-state index contributed by atoms with van der Waals surface area (Å²) in [6.45, 7) is 5.73. The number of pyridine rings is 1. The molecule has 0 saturated carbocycles. The molecule has 0 unspecified atom stereocenters. The van der Waals surface area contributed by atoms with Crippen LogP contribution in [-0.4, -0.2) is 35.6 Å². The van der Waals surface area contributed by atoms with Crippen molar-refractivity contribution in [3.8, 4) is 5.75 Å². The number of unbranched alkanes of at least 4 members (excludes halogenated alkanes) is 1. The molecule has 1 aromatic heterocycles. The number of halogens is 2. The summed E-state index contributed by atoms with van der Waals surface area (Å²) in [7, 11) is 0. The van der Waals surface area contributed by atoms with Crippen molar-refractivity contribution in [2.45, 2.75) is 38.7 Å². The topological polar surface area (TPSA) is 25.4 Å². The molecule has 0 aliphatic carbocycles. The van der Waals surface area contributed by atoms with Crippen LogP contribution in [0.25, 0.3) is 10.8 Å². The summed E-state index contributed by atoms with van der Waals surface area (Å²) in [6.07, 6.45) is 8.63. The largest absolute Gasteiger partial charge is 0.490 e. The summed E-state index contributed by atoms with van der Waals surface area (Å²) in [4.78, 5) is 6.67. The second kappa shape index (κ2) is 8.72. The number of hydrogen-bond donors (Lipinski definition) is 0. The fourth-order valence-corrected chi connectivity index (χ4v) is 3.29. The first kappa shape index (κ1) is 18.3. The molecule has 5 heteroatoms. The maximum atomic E-state index is 6.33. The van der Waals surface area contributed by atoms with Crippen molar-refractivity contribution in [3.05, 3.63) is 35.6 Å². The molecule has 0 atom stereocenters. The predicted octanol–water partition coefficient (Wildman–Crippen LogP) is 4.95. The number of aromatic nitrogens is 1. The van der Waals surface area contributed by atoms with E-state index in [9.17, 15) is 0 Å². The molecule has 2 aromatic rings.